The second-order valence-electron chi connectivity index (χ2n) is 4.37. The van der Waals surface area contributed by atoms with Crippen LogP contribution in [0.25, 0.3) is 0 Å². The minimum atomic E-state index is 0.256. The SMILES string of the molecule is CNC(Cc1ccccc1Cl)c1ccnc(C)c1. The van der Waals surface area contributed by atoms with Gasteiger partial charge < -0.3 is 5.32 Å². The number of pyridine rings is 1. The number of benzene rings is 1. The minimum Gasteiger partial charge on any atom is -0.313 e. The Morgan fingerprint density at radius 3 is 2.72 bits per heavy atom. The maximum absolute atomic E-state index is 6.20. The van der Waals surface area contributed by atoms with Crippen molar-refractivity contribution in [3.05, 3.63) is 64.4 Å². The molecule has 1 aromatic heterocycles. The Balaban J connectivity index is 2.23. The van der Waals surface area contributed by atoms with Gasteiger partial charge in [-0.1, -0.05) is 29.8 Å². The van der Waals surface area contributed by atoms with Crippen molar-refractivity contribution >= 4 is 11.6 Å². The number of likely N-dealkylation sites (N-methyl/N-ethyl adjacent to an activating group) is 1. The molecule has 0 aliphatic carbocycles. The molecule has 2 rings (SSSR count). The van der Waals surface area contributed by atoms with Crippen molar-refractivity contribution in [1.82, 2.24) is 10.3 Å². The van der Waals surface area contributed by atoms with Crippen molar-refractivity contribution in [3.8, 4) is 0 Å². The topological polar surface area (TPSA) is 24.9 Å². The maximum Gasteiger partial charge on any atom is 0.0438 e. The van der Waals surface area contributed by atoms with E-state index in [1.165, 1.54) is 5.56 Å². The van der Waals surface area contributed by atoms with Gasteiger partial charge in [0.25, 0.3) is 0 Å². The van der Waals surface area contributed by atoms with E-state index in [-0.39, 0.29) is 6.04 Å². The summed E-state index contributed by atoms with van der Waals surface area (Å²) in [6, 6.07) is 12.4. The molecular formula is C15H17ClN2. The van der Waals surface area contributed by atoms with Crippen LogP contribution in [0.5, 0.6) is 0 Å². The Labute approximate surface area is 113 Å². The van der Waals surface area contributed by atoms with E-state index in [4.69, 9.17) is 11.6 Å². The molecule has 0 saturated heterocycles. The van der Waals surface area contributed by atoms with E-state index < -0.39 is 0 Å². The Morgan fingerprint density at radius 1 is 1.28 bits per heavy atom. The zero-order chi connectivity index (χ0) is 13.0. The summed E-state index contributed by atoms with van der Waals surface area (Å²) in [5.74, 6) is 0. The van der Waals surface area contributed by atoms with Crippen LogP contribution in [-0.2, 0) is 6.42 Å². The highest BCUT2D eigenvalue weighted by atomic mass is 35.5. The zero-order valence-electron chi connectivity index (χ0n) is 10.7. The lowest BCUT2D eigenvalue weighted by molar-refractivity contribution is 0.591. The fourth-order valence-electron chi connectivity index (χ4n) is 2.05. The van der Waals surface area contributed by atoms with Gasteiger partial charge in [-0.15, -0.1) is 0 Å². The third kappa shape index (κ3) is 3.09. The molecule has 2 aromatic rings. The van der Waals surface area contributed by atoms with Gasteiger partial charge in [-0.2, -0.15) is 0 Å². The molecule has 0 bridgehead atoms. The molecule has 1 heterocycles. The van der Waals surface area contributed by atoms with E-state index in [1.807, 2.05) is 44.4 Å². The normalized spacial score (nSPS) is 12.4. The predicted molar refractivity (Wildman–Crippen MR) is 75.9 cm³/mol. The van der Waals surface area contributed by atoms with Crippen LogP contribution >= 0.6 is 11.6 Å². The molecule has 0 saturated carbocycles. The van der Waals surface area contributed by atoms with Crippen LogP contribution in [0, 0.1) is 6.92 Å². The molecule has 1 atom stereocenters. The quantitative estimate of drug-likeness (QED) is 0.910. The molecule has 2 nitrogen and oxygen atoms in total. The molecule has 18 heavy (non-hydrogen) atoms. The summed E-state index contributed by atoms with van der Waals surface area (Å²) in [6.07, 6.45) is 2.72. The fourth-order valence-corrected chi connectivity index (χ4v) is 2.27. The van der Waals surface area contributed by atoms with Gasteiger partial charge in [0.1, 0.15) is 0 Å². The average Bonchev–Trinajstić information content (AvgIpc) is 2.38. The number of nitrogens with one attached hydrogen (secondary N) is 1. The van der Waals surface area contributed by atoms with Gasteiger partial charge in [0, 0.05) is 23.0 Å². The number of aromatic nitrogens is 1. The standard InChI is InChI=1S/C15H17ClN2/c1-11-9-13(7-8-18-11)15(17-2)10-12-5-3-4-6-14(12)16/h3-9,15,17H,10H2,1-2H3. The second kappa shape index (κ2) is 5.98. The van der Waals surface area contributed by atoms with Crippen molar-refractivity contribution in [2.45, 2.75) is 19.4 Å². The molecule has 0 spiro atoms. The summed E-state index contributed by atoms with van der Waals surface area (Å²) in [5.41, 5.74) is 3.44. The van der Waals surface area contributed by atoms with Crippen LogP contribution in [0.4, 0.5) is 0 Å². The van der Waals surface area contributed by atoms with E-state index >= 15 is 0 Å². The van der Waals surface area contributed by atoms with Crippen molar-refractivity contribution in [2.75, 3.05) is 7.05 Å². The van der Waals surface area contributed by atoms with Gasteiger partial charge >= 0.3 is 0 Å². The third-order valence-corrected chi connectivity index (χ3v) is 3.42. The number of aryl methyl sites for hydroxylation is 1. The van der Waals surface area contributed by atoms with E-state index in [2.05, 4.69) is 22.4 Å². The largest absolute Gasteiger partial charge is 0.313 e. The Kier molecular flexibility index (Phi) is 4.34. The number of hydrogen-bond donors (Lipinski definition) is 1. The first-order valence-corrected chi connectivity index (χ1v) is 6.41. The smallest absolute Gasteiger partial charge is 0.0438 e. The minimum absolute atomic E-state index is 0.256. The number of halogens is 1. The third-order valence-electron chi connectivity index (χ3n) is 3.05. The van der Waals surface area contributed by atoms with Crippen molar-refractivity contribution < 1.29 is 0 Å². The summed E-state index contributed by atoms with van der Waals surface area (Å²) in [5, 5.41) is 4.16. The predicted octanol–water partition coefficient (Wildman–Crippen LogP) is 3.55. The first kappa shape index (κ1) is 13.1. The maximum atomic E-state index is 6.20. The van der Waals surface area contributed by atoms with Gasteiger partial charge in [0.05, 0.1) is 0 Å². The zero-order valence-corrected chi connectivity index (χ0v) is 11.4. The lowest BCUT2D eigenvalue weighted by Crippen LogP contribution is -2.19. The average molecular weight is 261 g/mol. The first-order valence-electron chi connectivity index (χ1n) is 6.04. The molecule has 0 fully saturated rings. The lowest BCUT2D eigenvalue weighted by atomic mass is 9.99. The van der Waals surface area contributed by atoms with E-state index in [1.54, 1.807) is 0 Å². The molecular weight excluding hydrogens is 244 g/mol. The molecule has 3 heteroatoms. The summed E-state index contributed by atoms with van der Waals surface area (Å²) in [7, 11) is 1.97. The number of nitrogens with zero attached hydrogens (tertiary/aromatic N) is 1. The second-order valence-corrected chi connectivity index (χ2v) is 4.77. The molecule has 1 aromatic carbocycles. The summed E-state index contributed by atoms with van der Waals surface area (Å²) in [6.45, 7) is 2.01. The van der Waals surface area contributed by atoms with E-state index in [9.17, 15) is 0 Å². The van der Waals surface area contributed by atoms with Gasteiger partial charge in [0.15, 0.2) is 0 Å². The highest BCUT2D eigenvalue weighted by Gasteiger charge is 2.12. The van der Waals surface area contributed by atoms with E-state index in [0.29, 0.717) is 0 Å². The lowest BCUT2D eigenvalue weighted by Gasteiger charge is -2.17. The van der Waals surface area contributed by atoms with Gasteiger partial charge in [-0.25, -0.2) is 0 Å². The van der Waals surface area contributed by atoms with Crippen LogP contribution in [0.2, 0.25) is 5.02 Å². The highest BCUT2D eigenvalue weighted by molar-refractivity contribution is 6.31. The molecule has 94 valence electrons. The van der Waals surface area contributed by atoms with Crippen LogP contribution < -0.4 is 5.32 Å². The monoisotopic (exact) mass is 260 g/mol. The van der Waals surface area contributed by atoms with Gasteiger partial charge in [0.2, 0.25) is 0 Å². The van der Waals surface area contributed by atoms with Crippen molar-refractivity contribution in [1.29, 1.82) is 0 Å². The van der Waals surface area contributed by atoms with Crippen molar-refractivity contribution in [3.63, 3.8) is 0 Å². The molecule has 0 aliphatic rings. The van der Waals surface area contributed by atoms with Crippen LogP contribution in [0.1, 0.15) is 22.9 Å². The van der Waals surface area contributed by atoms with E-state index in [0.717, 1.165) is 22.7 Å². The molecule has 0 amide bonds. The van der Waals surface area contributed by atoms with Gasteiger partial charge in [-0.3, -0.25) is 4.98 Å². The summed E-state index contributed by atoms with van der Waals surface area (Å²) < 4.78 is 0. The molecule has 0 aliphatic heterocycles. The van der Waals surface area contributed by atoms with Crippen molar-refractivity contribution in [2.24, 2.45) is 0 Å². The molecule has 0 radical (unpaired) electrons. The number of rotatable bonds is 4. The Bertz CT molecular complexity index is 525. The van der Waals surface area contributed by atoms with Crippen LogP contribution in [0.3, 0.4) is 0 Å². The summed E-state index contributed by atoms with van der Waals surface area (Å²) in [4.78, 5) is 4.23. The Hall–Kier alpha value is -1.38. The molecule has 1 unspecified atom stereocenters. The fraction of sp³-hybridized carbons (Fsp3) is 0.267. The summed E-state index contributed by atoms with van der Waals surface area (Å²) >= 11 is 6.20. The highest BCUT2D eigenvalue weighted by Crippen LogP contribution is 2.23. The Morgan fingerprint density at radius 2 is 2.06 bits per heavy atom. The van der Waals surface area contributed by atoms with Crippen LogP contribution in [-0.4, -0.2) is 12.0 Å². The van der Waals surface area contributed by atoms with Gasteiger partial charge in [-0.05, 0) is 49.7 Å². The molecule has 1 N–H and O–H groups in total. The van der Waals surface area contributed by atoms with Crippen LogP contribution in [0.15, 0.2) is 42.6 Å². The number of hydrogen-bond acceptors (Lipinski definition) is 2. The first-order chi connectivity index (χ1) is 8.70.